The van der Waals surface area contributed by atoms with E-state index in [0.717, 1.165) is 34.0 Å². The number of H-pyrrole nitrogens is 1. The van der Waals surface area contributed by atoms with Gasteiger partial charge in [-0.15, -0.1) is 11.8 Å². The van der Waals surface area contributed by atoms with Crippen LogP contribution in [-0.2, 0) is 6.54 Å². The molecule has 1 aromatic carbocycles. The van der Waals surface area contributed by atoms with Crippen LogP contribution in [0.5, 0.6) is 0 Å². The van der Waals surface area contributed by atoms with Gasteiger partial charge >= 0.3 is 0 Å². The van der Waals surface area contributed by atoms with E-state index >= 15 is 0 Å². The number of fused-ring (bicyclic) bond motifs is 1. The van der Waals surface area contributed by atoms with Crippen molar-refractivity contribution < 1.29 is 4.92 Å². The van der Waals surface area contributed by atoms with E-state index in [4.69, 9.17) is 0 Å². The Balaban J connectivity index is 1.82. The quantitative estimate of drug-likeness (QED) is 0.589. The van der Waals surface area contributed by atoms with Gasteiger partial charge in [0.2, 0.25) is 0 Å². The van der Waals surface area contributed by atoms with Crippen LogP contribution < -0.4 is 0 Å². The standard InChI is InChI=1S/C16H14N4O2S/c21-20(22)14-8-11(10-19-4-1-2-5-19)7-12-9-13(18-15(12)14)16-17-3-6-23-16/h1-2,4-5,7-9,18H,3,6,10H2. The van der Waals surface area contributed by atoms with Gasteiger partial charge < -0.3 is 9.55 Å². The Bertz CT molecular complexity index is 912. The molecule has 0 aliphatic carbocycles. The van der Waals surface area contributed by atoms with E-state index in [0.29, 0.717) is 12.1 Å². The minimum absolute atomic E-state index is 0.111. The fourth-order valence-corrected chi connectivity index (χ4v) is 3.64. The summed E-state index contributed by atoms with van der Waals surface area (Å²) in [4.78, 5) is 18.7. The van der Waals surface area contributed by atoms with Gasteiger partial charge in [0.05, 0.1) is 10.6 Å². The maximum absolute atomic E-state index is 11.4. The molecule has 0 atom stereocenters. The van der Waals surface area contributed by atoms with Gasteiger partial charge in [0.1, 0.15) is 10.6 Å². The van der Waals surface area contributed by atoms with Gasteiger partial charge in [0.15, 0.2) is 0 Å². The Morgan fingerprint density at radius 3 is 2.83 bits per heavy atom. The minimum Gasteiger partial charge on any atom is -0.350 e. The minimum atomic E-state index is -0.328. The predicted octanol–water partition coefficient (Wildman–Crippen LogP) is 3.42. The summed E-state index contributed by atoms with van der Waals surface area (Å²) in [5.41, 5.74) is 2.45. The molecular formula is C16H14N4O2S. The number of benzene rings is 1. The number of aliphatic imine (C=N–C) groups is 1. The number of nitrogens with zero attached hydrogens (tertiary/aromatic N) is 3. The number of hydrogen-bond donors (Lipinski definition) is 1. The van der Waals surface area contributed by atoms with Crippen LogP contribution in [0.15, 0.2) is 47.7 Å². The zero-order valence-corrected chi connectivity index (χ0v) is 13.0. The average Bonchev–Trinajstić information content (AvgIpc) is 3.27. The smallest absolute Gasteiger partial charge is 0.293 e. The van der Waals surface area contributed by atoms with Gasteiger partial charge in [-0.05, 0) is 29.8 Å². The first-order chi connectivity index (χ1) is 11.2. The van der Waals surface area contributed by atoms with E-state index in [9.17, 15) is 10.1 Å². The highest BCUT2D eigenvalue weighted by Gasteiger charge is 2.19. The fraction of sp³-hybridized carbons (Fsp3) is 0.188. The Kier molecular flexibility index (Phi) is 3.42. The average molecular weight is 326 g/mol. The highest BCUT2D eigenvalue weighted by molar-refractivity contribution is 8.14. The zero-order chi connectivity index (χ0) is 15.8. The van der Waals surface area contributed by atoms with Crippen molar-refractivity contribution >= 4 is 33.4 Å². The first kappa shape index (κ1) is 14.1. The van der Waals surface area contributed by atoms with E-state index in [1.54, 1.807) is 17.8 Å². The third-order valence-corrected chi connectivity index (χ3v) is 4.82. The molecular weight excluding hydrogens is 312 g/mol. The number of hydrogen-bond acceptors (Lipinski definition) is 4. The van der Waals surface area contributed by atoms with E-state index in [1.165, 1.54) is 0 Å². The normalized spacial score (nSPS) is 14.3. The molecule has 6 nitrogen and oxygen atoms in total. The van der Waals surface area contributed by atoms with Gasteiger partial charge in [-0.3, -0.25) is 15.1 Å². The first-order valence-electron chi connectivity index (χ1n) is 7.29. The molecule has 7 heteroatoms. The summed E-state index contributed by atoms with van der Waals surface area (Å²) in [6.45, 7) is 1.41. The lowest BCUT2D eigenvalue weighted by Gasteiger charge is -2.04. The number of non-ortho nitro benzene ring substituents is 1. The topological polar surface area (TPSA) is 76.2 Å². The van der Waals surface area contributed by atoms with Crippen LogP contribution in [0.3, 0.4) is 0 Å². The number of nitro groups is 1. The number of nitrogens with one attached hydrogen (secondary N) is 1. The molecule has 116 valence electrons. The molecule has 1 aliphatic rings. The lowest BCUT2D eigenvalue weighted by molar-refractivity contribution is -0.383. The van der Waals surface area contributed by atoms with Crippen molar-refractivity contribution in [3.05, 3.63) is 64.1 Å². The number of thioether (sulfide) groups is 1. The van der Waals surface area contributed by atoms with Crippen molar-refractivity contribution in [2.45, 2.75) is 6.54 Å². The molecule has 0 spiro atoms. The van der Waals surface area contributed by atoms with Crippen molar-refractivity contribution in [3.63, 3.8) is 0 Å². The van der Waals surface area contributed by atoms with Gasteiger partial charge in [-0.1, -0.05) is 0 Å². The molecule has 4 rings (SSSR count). The van der Waals surface area contributed by atoms with Gasteiger partial charge in [-0.2, -0.15) is 0 Å². The molecule has 0 saturated carbocycles. The second kappa shape index (κ2) is 5.58. The molecule has 23 heavy (non-hydrogen) atoms. The number of aromatic nitrogens is 2. The number of aromatic amines is 1. The Hall–Kier alpha value is -2.54. The van der Waals surface area contributed by atoms with Crippen molar-refractivity contribution in [2.75, 3.05) is 12.3 Å². The highest BCUT2D eigenvalue weighted by Crippen LogP contribution is 2.30. The molecule has 0 unspecified atom stereocenters. The van der Waals surface area contributed by atoms with Crippen molar-refractivity contribution in [2.24, 2.45) is 4.99 Å². The van der Waals surface area contributed by atoms with Crippen LogP contribution in [0.1, 0.15) is 11.3 Å². The van der Waals surface area contributed by atoms with Crippen LogP contribution >= 0.6 is 11.8 Å². The summed E-state index contributed by atoms with van der Waals surface area (Å²) >= 11 is 1.68. The van der Waals surface area contributed by atoms with Crippen molar-refractivity contribution in [1.82, 2.24) is 9.55 Å². The molecule has 0 amide bonds. The SMILES string of the molecule is O=[N+]([O-])c1cc(Cn2cccc2)cc2cc(C3=NCCS3)[nH]c12. The lowest BCUT2D eigenvalue weighted by atomic mass is 10.1. The van der Waals surface area contributed by atoms with Crippen LogP contribution in [0.2, 0.25) is 0 Å². The summed E-state index contributed by atoms with van der Waals surface area (Å²) < 4.78 is 2.00. The summed E-state index contributed by atoms with van der Waals surface area (Å²) in [6, 6.07) is 9.49. The second-order valence-corrected chi connectivity index (χ2v) is 6.49. The summed E-state index contributed by atoms with van der Waals surface area (Å²) in [7, 11) is 0. The first-order valence-corrected chi connectivity index (χ1v) is 8.28. The van der Waals surface area contributed by atoms with Crippen molar-refractivity contribution in [1.29, 1.82) is 0 Å². The van der Waals surface area contributed by atoms with Crippen LogP contribution in [0.25, 0.3) is 10.9 Å². The molecule has 1 N–H and O–H groups in total. The van der Waals surface area contributed by atoms with Crippen LogP contribution in [0, 0.1) is 10.1 Å². The third kappa shape index (κ3) is 2.63. The summed E-state index contributed by atoms with van der Waals surface area (Å²) in [5, 5.41) is 13.2. The maximum atomic E-state index is 11.4. The van der Waals surface area contributed by atoms with Crippen molar-refractivity contribution in [3.8, 4) is 0 Å². The van der Waals surface area contributed by atoms with Gasteiger partial charge in [-0.25, -0.2) is 0 Å². The number of nitro benzene ring substituents is 1. The lowest BCUT2D eigenvalue weighted by Crippen LogP contribution is -1.98. The summed E-state index contributed by atoms with van der Waals surface area (Å²) in [6.07, 6.45) is 3.89. The van der Waals surface area contributed by atoms with E-state index in [2.05, 4.69) is 9.98 Å². The largest absolute Gasteiger partial charge is 0.350 e. The van der Waals surface area contributed by atoms with Crippen LogP contribution in [-0.4, -0.2) is 31.8 Å². The molecule has 3 aromatic rings. The molecule has 0 saturated heterocycles. The third-order valence-electron chi connectivity index (χ3n) is 3.81. The monoisotopic (exact) mass is 326 g/mol. The maximum Gasteiger partial charge on any atom is 0.293 e. The predicted molar refractivity (Wildman–Crippen MR) is 92.3 cm³/mol. The Morgan fingerprint density at radius 2 is 2.13 bits per heavy atom. The number of rotatable bonds is 4. The van der Waals surface area contributed by atoms with E-state index in [-0.39, 0.29) is 10.6 Å². The van der Waals surface area contributed by atoms with Crippen LogP contribution in [0.4, 0.5) is 5.69 Å². The molecule has 3 heterocycles. The fourth-order valence-electron chi connectivity index (χ4n) is 2.82. The van der Waals surface area contributed by atoms with Gasteiger partial charge in [0.25, 0.3) is 5.69 Å². The summed E-state index contributed by atoms with van der Waals surface area (Å²) in [5.74, 6) is 0.964. The Labute approximate surface area is 136 Å². The molecule has 1 aliphatic heterocycles. The highest BCUT2D eigenvalue weighted by atomic mass is 32.2. The van der Waals surface area contributed by atoms with E-state index < -0.39 is 0 Å². The van der Waals surface area contributed by atoms with E-state index in [1.807, 2.05) is 41.2 Å². The van der Waals surface area contributed by atoms with Gasteiger partial charge in [0, 0.05) is 42.7 Å². The molecule has 0 fully saturated rings. The Morgan fingerprint density at radius 1 is 1.30 bits per heavy atom. The second-order valence-electron chi connectivity index (χ2n) is 5.41. The molecule has 2 aromatic heterocycles. The molecule has 0 bridgehead atoms. The zero-order valence-electron chi connectivity index (χ0n) is 12.2. The molecule has 0 radical (unpaired) electrons.